The molecule has 0 aliphatic carbocycles. The van der Waals surface area contributed by atoms with Gasteiger partial charge in [0, 0.05) is 15.1 Å². The Balaban J connectivity index is 1.94. The van der Waals surface area contributed by atoms with E-state index < -0.39 is 6.10 Å². The number of methoxy groups -OCH3 is 1. The van der Waals surface area contributed by atoms with E-state index in [0.29, 0.717) is 16.5 Å². The second-order valence-corrected chi connectivity index (χ2v) is 6.19. The van der Waals surface area contributed by atoms with Gasteiger partial charge in [0.15, 0.2) is 6.10 Å². The maximum Gasteiger partial charge on any atom is 0.280 e. The molecular weight excluding hydrogens is 396 g/mol. The minimum atomic E-state index is -0.701. The highest BCUT2D eigenvalue weighted by molar-refractivity contribution is 9.10. The second kappa shape index (κ2) is 8.70. The van der Waals surface area contributed by atoms with Crippen LogP contribution in [0.1, 0.15) is 12.5 Å². The molecule has 7 heteroatoms. The van der Waals surface area contributed by atoms with E-state index in [-0.39, 0.29) is 5.91 Å². The molecule has 126 valence electrons. The molecule has 24 heavy (non-hydrogen) atoms. The van der Waals surface area contributed by atoms with Crippen molar-refractivity contribution in [1.29, 1.82) is 0 Å². The van der Waals surface area contributed by atoms with Gasteiger partial charge in [-0.25, -0.2) is 5.43 Å². The molecule has 1 unspecified atom stereocenters. The Morgan fingerprint density at radius 1 is 1.29 bits per heavy atom. The number of benzene rings is 2. The number of carbonyl (C=O) groups excluding carboxylic acids is 1. The molecule has 1 atom stereocenters. The number of nitrogens with zero attached hydrogens (tertiary/aromatic N) is 1. The van der Waals surface area contributed by atoms with Crippen LogP contribution in [0.2, 0.25) is 5.02 Å². The molecule has 1 amide bonds. The standard InChI is InChI=1S/C17H16BrClN2O3/c1-11(24-15-6-4-14(19)5-7-15)17(22)21-20-10-12-9-13(18)3-8-16(12)23-2/h3-11H,1-2H3,(H,21,22)/b20-10+. The molecule has 5 nitrogen and oxygen atoms in total. The maximum atomic E-state index is 12.0. The van der Waals surface area contributed by atoms with Gasteiger partial charge in [-0.2, -0.15) is 5.10 Å². The highest BCUT2D eigenvalue weighted by Gasteiger charge is 2.13. The lowest BCUT2D eigenvalue weighted by molar-refractivity contribution is -0.127. The number of rotatable bonds is 6. The predicted molar refractivity (Wildman–Crippen MR) is 98.0 cm³/mol. The number of amides is 1. The first kappa shape index (κ1) is 18.3. The lowest BCUT2D eigenvalue weighted by Crippen LogP contribution is -2.33. The number of hydrogen-bond acceptors (Lipinski definition) is 4. The molecule has 0 saturated heterocycles. The van der Waals surface area contributed by atoms with E-state index >= 15 is 0 Å². The van der Waals surface area contributed by atoms with Crippen molar-refractivity contribution >= 4 is 39.7 Å². The van der Waals surface area contributed by atoms with E-state index in [9.17, 15) is 4.79 Å². The average Bonchev–Trinajstić information content (AvgIpc) is 2.57. The van der Waals surface area contributed by atoms with Gasteiger partial charge in [0.25, 0.3) is 5.91 Å². The fourth-order valence-corrected chi connectivity index (χ4v) is 2.34. The van der Waals surface area contributed by atoms with Gasteiger partial charge in [0.2, 0.25) is 0 Å². The number of carbonyl (C=O) groups is 1. The number of hydrogen-bond donors (Lipinski definition) is 1. The summed E-state index contributed by atoms with van der Waals surface area (Å²) in [7, 11) is 1.57. The average molecular weight is 412 g/mol. The zero-order valence-electron chi connectivity index (χ0n) is 13.1. The van der Waals surface area contributed by atoms with Crippen LogP contribution in [0.5, 0.6) is 11.5 Å². The molecule has 0 spiro atoms. The fraction of sp³-hybridized carbons (Fsp3) is 0.176. The summed E-state index contributed by atoms with van der Waals surface area (Å²) in [6, 6.07) is 12.3. The zero-order chi connectivity index (χ0) is 17.5. The Bertz CT molecular complexity index is 735. The molecule has 0 radical (unpaired) electrons. The highest BCUT2D eigenvalue weighted by atomic mass is 79.9. The van der Waals surface area contributed by atoms with Crippen molar-refractivity contribution in [2.24, 2.45) is 5.10 Å². The summed E-state index contributed by atoms with van der Waals surface area (Å²) >= 11 is 9.18. The van der Waals surface area contributed by atoms with Crippen LogP contribution >= 0.6 is 27.5 Å². The Morgan fingerprint density at radius 3 is 2.67 bits per heavy atom. The van der Waals surface area contributed by atoms with Gasteiger partial charge in [-0.3, -0.25) is 4.79 Å². The molecule has 0 aliphatic rings. The van der Waals surface area contributed by atoms with E-state index in [0.717, 1.165) is 10.0 Å². The van der Waals surface area contributed by atoms with E-state index in [4.69, 9.17) is 21.1 Å². The molecule has 2 aromatic rings. The molecule has 0 aliphatic heterocycles. The van der Waals surface area contributed by atoms with Crippen LogP contribution in [0.4, 0.5) is 0 Å². The summed E-state index contributed by atoms with van der Waals surface area (Å²) in [4.78, 5) is 12.0. The predicted octanol–water partition coefficient (Wildman–Crippen LogP) is 4.03. The van der Waals surface area contributed by atoms with E-state index in [1.807, 2.05) is 12.1 Å². The second-order valence-electron chi connectivity index (χ2n) is 4.83. The van der Waals surface area contributed by atoms with E-state index in [1.165, 1.54) is 6.21 Å². The van der Waals surface area contributed by atoms with Gasteiger partial charge in [0.05, 0.1) is 13.3 Å². The molecule has 2 rings (SSSR count). The molecule has 0 heterocycles. The van der Waals surface area contributed by atoms with Crippen molar-refractivity contribution < 1.29 is 14.3 Å². The Morgan fingerprint density at radius 2 is 2.00 bits per heavy atom. The van der Waals surface area contributed by atoms with Crippen molar-refractivity contribution in [2.75, 3.05) is 7.11 Å². The summed E-state index contributed by atoms with van der Waals surface area (Å²) in [5.41, 5.74) is 3.18. The van der Waals surface area contributed by atoms with Crippen LogP contribution in [-0.4, -0.2) is 25.3 Å². The molecule has 0 saturated carbocycles. The van der Waals surface area contributed by atoms with Gasteiger partial charge < -0.3 is 9.47 Å². The summed E-state index contributed by atoms with van der Waals surface area (Å²) < 4.78 is 11.6. The van der Waals surface area contributed by atoms with Gasteiger partial charge in [0.1, 0.15) is 11.5 Å². The number of nitrogens with one attached hydrogen (secondary N) is 1. The van der Waals surface area contributed by atoms with Gasteiger partial charge in [-0.15, -0.1) is 0 Å². The summed E-state index contributed by atoms with van der Waals surface area (Å²) in [5, 5.41) is 4.55. The van der Waals surface area contributed by atoms with Crippen LogP contribution in [0.15, 0.2) is 52.0 Å². The summed E-state index contributed by atoms with van der Waals surface area (Å²) in [6.07, 6.45) is 0.809. The first-order chi connectivity index (χ1) is 11.5. The van der Waals surface area contributed by atoms with E-state index in [2.05, 4.69) is 26.5 Å². The first-order valence-electron chi connectivity index (χ1n) is 7.08. The third-order valence-electron chi connectivity index (χ3n) is 3.07. The fourth-order valence-electron chi connectivity index (χ4n) is 1.83. The largest absolute Gasteiger partial charge is 0.496 e. The molecule has 1 N–H and O–H groups in total. The van der Waals surface area contributed by atoms with Crippen molar-refractivity contribution in [2.45, 2.75) is 13.0 Å². The summed E-state index contributed by atoms with van der Waals surface area (Å²) in [6.45, 7) is 1.64. The molecule has 0 bridgehead atoms. The van der Waals surface area contributed by atoms with Crippen molar-refractivity contribution in [1.82, 2.24) is 5.43 Å². The van der Waals surface area contributed by atoms with Crippen LogP contribution < -0.4 is 14.9 Å². The SMILES string of the molecule is COc1ccc(Br)cc1/C=N/NC(=O)C(C)Oc1ccc(Cl)cc1. The van der Waals surface area contributed by atoms with Crippen molar-refractivity contribution in [3.63, 3.8) is 0 Å². The molecule has 0 fully saturated rings. The minimum Gasteiger partial charge on any atom is -0.496 e. The van der Waals surface area contributed by atoms with Crippen molar-refractivity contribution in [3.8, 4) is 11.5 Å². The molecule has 2 aromatic carbocycles. The number of hydrazone groups is 1. The number of halogens is 2. The van der Waals surface area contributed by atoms with Crippen LogP contribution in [-0.2, 0) is 4.79 Å². The van der Waals surface area contributed by atoms with E-state index in [1.54, 1.807) is 44.4 Å². The zero-order valence-corrected chi connectivity index (χ0v) is 15.5. The third-order valence-corrected chi connectivity index (χ3v) is 3.81. The van der Waals surface area contributed by atoms with Gasteiger partial charge in [-0.05, 0) is 49.4 Å². The highest BCUT2D eigenvalue weighted by Crippen LogP contribution is 2.21. The minimum absolute atomic E-state index is 0.366. The normalized spacial score (nSPS) is 12.0. The quantitative estimate of drug-likeness (QED) is 0.577. The lowest BCUT2D eigenvalue weighted by Gasteiger charge is -2.12. The van der Waals surface area contributed by atoms with Crippen LogP contribution in [0, 0.1) is 0 Å². The van der Waals surface area contributed by atoms with Gasteiger partial charge >= 0.3 is 0 Å². The van der Waals surface area contributed by atoms with Crippen LogP contribution in [0.3, 0.4) is 0 Å². The Hall–Kier alpha value is -2.05. The molecular formula is C17H16BrClN2O3. The Kier molecular flexibility index (Phi) is 6.63. The third kappa shape index (κ3) is 5.25. The number of ether oxygens (including phenoxy) is 2. The Labute approximate surface area is 153 Å². The van der Waals surface area contributed by atoms with Crippen LogP contribution in [0.25, 0.3) is 0 Å². The molecule has 0 aromatic heterocycles. The first-order valence-corrected chi connectivity index (χ1v) is 8.25. The van der Waals surface area contributed by atoms with Gasteiger partial charge in [-0.1, -0.05) is 27.5 Å². The lowest BCUT2D eigenvalue weighted by atomic mass is 10.2. The summed E-state index contributed by atoms with van der Waals surface area (Å²) in [5.74, 6) is 0.844. The maximum absolute atomic E-state index is 12.0. The van der Waals surface area contributed by atoms with Crippen molar-refractivity contribution in [3.05, 3.63) is 57.5 Å². The smallest absolute Gasteiger partial charge is 0.280 e. The topological polar surface area (TPSA) is 59.9 Å². The monoisotopic (exact) mass is 410 g/mol.